The molecule has 1 aliphatic rings. The van der Waals surface area contributed by atoms with E-state index in [0.717, 1.165) is 29.4 Å². The SMILES string of the molecule is Cc1cc(OC2CCC(CCCCOCc3ccccc3)CC2)ccc1Br. The van der Waals surface area contributed by atoms with E-state index in [9.17, 15) is 0 Å². The molecule has 0 amide bonds. The largest absolute Gasteiger partial charge is 0.490 e. The van der Waals surface area contributed by atoms with E-state index >= 15 is 0 Å². The average molecular weight is 431 g/mol. The van der Waals surface area contributed by atoms with Crippen LogP contribution in [0.15, 0.2) is 53.0 Å². The van der Waals surface area contributed by atoms with Gasteiger partial charge in [0.05, 0.1) is 12.7 Å². The summed E-state index contributed by atoms with van der Waals surface area (Å²) < 4.78 is 13.1. The summed E-state index contributed by atoms with van der Waals surface area (Å²) in [7, 11) is 0. The summed E-state index contributed by atoms with van der Waals surface area (Å²) in [4.78, 5) is 0. The first-order valence-electron chi connectivity index (χ1n) is 10.2. The van der Waals surface area contributed by atoms with Crippen LogP contribution in [-0.4, -0.2) is 12.7 Å². The van der Waals surface area contributed by atoms with Gasteiger partial charge in [0.1, 0.15) is 5.75 Å². The van der Waals surface area contributed by atoms with E-state index in [-0.39, 0.29) is 0 Å². The minimum absolute atomic E-state index is 0.385. The van der Waals surface area contributed by atoms with Gasteiger partial charge >= 0.3 is 0 Å². The zero-order valence-electron chi connectivity index (χ0n) is 16.3. The third-order valence-corrected chi connectivity index (χ3v) is 6.38. The first-order valence-corrected chi connectivity index (χ1v) is 11.0. The molecule has 0 spiro atoms. The molecule has 0 atom stereocenters. The van der Waals surface area contributed by atoms with Gasteiger partial charge < -0.3 is 9.47 Å². The standard InChI is InChI=1S/C24H31BrO2/c1-19-17-23(14-15-24(19)25)27-22-12-10-20(11-13-22)7-5-6-16-26-18-21-8-3-2-4-9-21/h2-4,8-9,14-15,17,20,22H,5-7,10-13,16,18H2,1H3. The fraction of sp³-hybridized carbons (Fsp3) is 0.500. The van der Waals surface area contributed by atoms with Crippen LogP contribution in [0.1, 0.15) is 56.1 Å². The van der Waals surface area contributed by atoms with E-state index in [1.54, 1.807) is 0 Å². The lowest BCUT2D eigenvalue weighted by atomic mass is 9.84. The van der Waals surface area contributed by atoms with Crippen LogP contribution in [-0.2, 0) is 11.3 Å². The Morgan fingerprint density at radius 2 is 1.74 bits per heavy atom. The molecule has 0 saturated heterocycles. The Morgan fingerprint density at radius 1 is 0.963 bits per heavy atom. The normalized spacial score (nSPS) is 19.8. The topological polar surface area (TPSA) is 18.5 Å². The summed E-state index contributed by atoms with van der Waals surface area (Å²) in [5.41, 5.74) is 2.49. The first kappa shape index (κ1) is 20.4. The maximum Gasteiger partial charge on any atom is 0.120 e. The summed E-state index contributed by atoms with van der Waals surface area (Å²) in [6, 6.07) is 16.7. The monoisotopic (exact) mass is 430 g/mol. The molecule has 2 nitrogen and oxygen atoms in total. The molecule has 1 saturated carbocycles. The van der Waals surface area contributed by atoms with E-state index < -0.39 is 0 Å². The molecule has 0 unspecified atom stereocenters. The van der Waals surface area contributed by atoms with Gasteiger partial charge in [0, 0.05) is 11.1 Å². The Hall–Kier alpha value is -1.32. The summed E-state index contributed by atoms with van der Waals surface area (Å²) in [5, 5.41) is 0. The molecule has 0 radical (unpaired) electrons. The van der Waals surface area contributed by atoms with Gasteiger partial charge in [-0.05, 0) is 74.3 Å². The molecule has 0 aromatic heterocycles. The number of halogens is 1. The van der Waals surface area contributed by atoms with Gasteiger partial charge in [-0.25, -0.2) is 0 Å². The molecule has 1 fully saturated rings. The van der Waals surface area contributed by atoms with Gasteiger partial charge in [-0.15, -0.1) is 0 Å². The third kappa shape index (κ3) is 6.97. The van der Waals surface area contributed by atoms with E-state index in [1.165, 1.54) is 56.1 Å². The smallest absolute Gasteiger partial charge is 0.120 e. The lowest BCUT2D eigenvalue weighted by Gasteiger charge is -2.29. The number of unbranched alkanes of at least 4 members (excludes halogenated alkanes) is 1. The van der Waals surface area contributed by atoms with Crippen LogP contribution in [0.3, 0.4) is 0 Å². The van der Waals surface area contributed by atoms with Crippen molar-refractivity contribution in [3.8, 4) is 5.75 Å². The summed E-state index contributed by atoms with van der Waals surface area (Å²) >= 11 is 3.55. The lowest BCUT2D eigenvalue weighted by molar-refractivity contribution is 0.109. The molecule has 27 heavy (non-hydrogen) atoms. The molecule has 1 aliphatic carbocycles. The maximum atomic E-state index is 6.20. The highest BCUT2D eigenvalue weighted by atomic mass is 79.9. The number of hydrogen-bond donors (Lipinski definition) is 0. The second-order valence-electron chi connectivity index (χ2n) is 7.71. The number of rotatable bonds is 9. The number of hydrogen-bond acceptors (Lipinski definition) is 2. The van der Waals surface area contributed by atoms with Gasteiger partial charge in [-0.3, -0.25) is 0 Å². The maximum absolute atomic E-state index is 6.20. The lowest BCUT2D eigenvalue weighted by Crippen LogP contribution is -2.24. The molecular formula is C24H31BrO2. The summed E-state index contributed by atoms with van der Waals surface area (Å²) in [6.07, 6.45) is 9.12. The first-order chi connectivity index (χ1) is 13.2. The predicted octanol–water partition coefficient (Wildman–Crippen LogP) is 7.08. The third-order valence-electron chi connectivity index (χ3n) is 5.49. The fourth-order valence-electron chi connectivity index (χ4n) is 3.82. The average Bonchev–Trinajstić information content (AvgIpc) is 2.69. The Balaban J connectivity index is 1.25. The van der Waals surface area contributed by atoms with E-state index in [4.69, 9.17) is 9.47 Å². The van der Waals surface area contributed by atoms with Crippen molar-refractivity contribution in [3.63, 3.8) is 0 Å². The Morgan fingerprint density at radius 3 is 2.48 bits per heavy atom. The van der Waals surface area contributed by atoms with Crippen molar-refractivity contribution in [1.29, 1.82) is 0 Å². The van der Waals surface area contributed by atoms with Crippen LogP contribution in [0.25, 0.3) is 0 Å². The van der Waals surface area contributed by atoms with Crippen molar-refractivity contribution in [2.75, 3.05) is 6.61 Å². The predicted molar refractivity (Wildman–Crippen MR) is 115 cm³/mol. The minimum Gasteiger partial charge on any atom is -0.490 e. The van der Waals surface area contributed by atoms with Crippen LogP contribution in [0.4, 0.5) is 0 Å². The van der Waals surface area contributed by atoms with Crippen molar-refractivity contribution in [1.82, 2.24) is 0 Å². The highest BCUT2D eigenvalue weighted by Gasteiger charge is 2.22. The van der Waals surface area contributed by atoms with Gasteiger partial charge in [-0.1, -0.05) is 59.1 Å². The Labute approximate surface area is 172 Å². The Kier molecular flexibility index (Phi) is 8.22. The van der Waals surface area contributed by atoms with Crippen LogP contribution in [0.2, 0.25) is 0 Å². The van der Waals surface area contributed by atoms with E-state index in [2.05, 4.69) is 65.3 Å². The minimum atomic E-state index is 0.385. The molecule has 0 N–H and O–H groups in total. The molecule has 3 rings (SSSR count). The van der Waals surface area contributed by atoms with Crippen LogP contribution in [0, 0.1) is 12.8 Å². The molecule has 3 heteroatoms. The quantitative estimate of drug-likeness (QED) is 0.395. The molecule has 0 bridgehead atoms. The van der Waals surface area contributed by atoms with Crippen molar-refractivity contribution in [2.45, 2.75) is 64.6 Å². The van der Waals surface area contributed by atoms with Gasteiger partial charge in [0.15, 0.2) is 0 Å². The van der Waals surface area contributed by atoms with Crippen molar-refractivity contribution in [3.05, 3.63) is 64.1 Å². The second kappa shape index (κ2) is 10.9. The molecule has 146 valence electrons. The molecule has 2 aromatic rings. The van der Waals surface area contributed by atoms with E-state index in [0.29, 0.717) is 6.10 Å². The van der Waals surface area contributed by atoms with Gasteiger partial charge in [0.2, 0.25) is 0 Å². The van der Waals surface area contributed by atoms with Crippen molar-refractivity contribution in [2.24, 2.45) is 5.92 Å². The van der Waals surface area contributed by atoms with Gasteiger partial charge in [-0.2, -0.15) is 0 Å². The fourth-order valence-corrected chi connectivity index (χ4v) is 4.07. The van der Waals surface area contributed by atoms with E-state index in [1.807, 2.05) is 6.07 Å². The molecular weight excluding hydrogens is 400 g/mol. The van der Waals surface area contributed by atoms with Crippen LogP contribution in [0.5, 0.6) is 5.75 Å². The molecule has 0 heterocycles. The van der Waals surface area contributed by atoms with Crippen molar-refractivity contribution < 1.29 is 9.47 Å². The van der Waals surface area contributed by atoms with Gasteiger partial charge in [0.25, 0.3) is 0 Å². The Bertz CT molecular complexity index is 678. The number of benzene rings is 2. The second-order valence-corrected chi connectivity index (χ2v) is 8.56. The molecule has 0 aliphatic heterocycles. The van der Waals surface area contributed by atoms with Crippen LogP contribution < -0.4 is 4.74 Å². The highest BCUT2D eigenvalue weighted by molar-refractivity contribution is 9.10. The number of aryl methyl sites for hydroxylation is 1. The molecule has 2 aromatic carbocycles. The van der Waals surface area contributed by atoms with Crippen LogP contribution >= 0.6 is 15.9 Å². The number of ether oxygens (including phenoxy) is 2. The highest BCUT2D eigenvalue weighted by Crippen LogP contribution is 2.31. The zero-order valence-corrected chi connectivity index (χ0v) is 17.9. The van der Waals surface area contributed by atoms with Crippen molar-refractivity contribution >= 4 is 15.9 Å². The summed E-state index contributed by atoms with van der Waals surface area (Å²) in [5.74, 6) is 1.88. The zero-order chi connectivity index (χ0) is 18.9. The summed E-state index contributed by atoms with van der Waals surface area (Å²) in [6.45, 7) is 3.71.